The van der Waals surface area contributed by atoms with E-state index in [-0.39, 0.29) is 0 Å². The summed E-state index contributed by atoms with van der Waals surface area (Å²) in [5, 5.41) is 0. The summed E-state index contributed by atoms with van der Waals surface area (Å²) >= 11 is 7.69. The van der Waals surface area contributed by atoms with Crippen LogP contribution in [0.3, 0.4) is 0 Å². The maximum absolute atomic E-state index is 4.03. The second-order valence-electron chi connectivity index (χ2n) is 0.395. The van der Waals surface area contributed by atoms with Crippen LogP contribution in [0.15, 0.2) is 0 Å². The average Bonchev–Trinajstić information content (AvgIpc) is 1.61. The van der Waals surface area contributed by atoms with Crippen molar-refractivity contribution >= 4 is 56.7 Å². The molecule has 3 unspecified atom stereocenters. The van der Waals surface area contributed by atoms with Crippen molar-refractivity contribution in [2.24, 2.45) is 0 Å². The van der Waals surface area contributed by atoms with E-state index >= 15 is 0 Å². The average molecular weight is 194 g/mol. The summed E-state index contributed by atoms with van der Waals surface area (Å²) in [5.41, 5.74) is 0. The summed E-state index contributed by atoms with van der Waals surface area (Å²) in [6.45, 7) is 1.70. The lowest BCUT2D eigenvalue weighted by atomic mass is 29.6. The van der Waals surface area contributed by atoms with Crippen LogP contribution in [0.2, 0.25) is 0 Å². The first-order valence-corrected chi connectivity index (χ1v) is 9.65. The fourth-order valence-corrected chi connectivity index (χ4v) is 10.4. The molecule has 0 amide bonds. The van der Waals surface area contributed by atoms with Crippen LogP contribution in [0.1, 0.15) is 0 Å². The molecule has 0 aromatic carbocycles. The SMILES string of the molecule is PSPSPS. The van der Waals surface area contributed by atoms with Gasteiger partial charge in [-0.05, 0) is 6.98 Å². The molecule has 0 aromatic heterocycles. The van der Waals surface area contributed by atoms with E-state index in [0.717, 1.165) is 14.0 Å². The fraction of sp³-hybridized carbons (Fsp3) is 0. The van der Waals surface area contributed by atoms with Crippen LogP contribution in [0.25, 0.3) is 0 Å². The van der Waals surface area contributed by atoms with E-state index in [9.17, 15) is 0 Å². The van der Waals surface area contributed by atoms with Crippen LogP contribution in [0.5, 0.6) is 0 Å². The standard InChI is InChI=1S/H5P3S3/c1-5-3-6-2-4/h2-4H,1H2. The molecule has 0 aliphatic heterocycles. The Labute approximate surface area is 56.7 Å². The summed E-state index contributed by atoms with van der Waals surface area (Å²) in [6, 6.07) is 0. The van der Waals surface area contributed by atoms with Crippen LogP contribution >= 0.6 is 56.7 Å². The first-order chi connectivity index (χ1) is 2.91. The molecule has 0 heterocycles. The van der Waals surface area contributed by atoms with Crippen molar-refractivity contribution in [2.45, 2.75) is 0 Å². The Bertz CT molecular complexity index is 18.0. The predicted molar refractivity (Wildman–Crippen MR) is 50.5 cm³/mol. The van der Waals surface area contributed by atoms with Crippen LogP contribution in [-0.2, 0) is 0 Å². The lowest BCUT2D eigenvalue weighted by molar-refractivity contribution is 5.42. The third-order valence-electron chi connectivity index (χ3n) is 0.135. The minimum absolute atomic E-state index is 0.754. The molecule has 0 saturated carbocycles. The molecule has 0 N–H and O–H groups in total. The topological polar surface area (TPSA) is 0 Å². The van der Waals surface area contributed by atoms with E-state index in [0.29, 0.717) is 0 Å². The van der Waals surface area contributed by atoms with Gasteiger partial charge < -0.3 is 0 Å². The molecule has 38 valence electrons. The van der Waals surface area contributed by atoms with Crippen LogP contribution < -0.4 is 0 Å². The first kappa shape index (κ1) is 8.34. The molecule has 0 radical (unpaired) electrons. The van der Waals surface area contributed by atoms with E-state index in [1.807, 2.05) is 11.0 Å². The van der Waals surface area contributed by atoms with Crippen molar-refractivity contribution in [3.05, 3.63) is 0 Å². The predicted octanol–water partition coefficient (Wildman–Crippen LogP) is 3.19. The van der Waals surface area contributed by atoms with Gasteiger partial charge in [0, 0.05) is 6.98 Å². The van der Waals surface area contributed by atoms with Gasteiger partial charge >= 0.3 is 0 Å². The third-order valence-corrected chi connectivity index (χ3v) is 11.0. The quantitative estimate of drug-likeness (QED) is 0.416. The first-order valence-electron chi connectivity index (χ1n) is 1.07. The molecule has 6 heavy (non-hydrogen) atoms. The van der Waals surface area contributed by atoms with Crippen molar-refractivity contribution < 1.29 is 0 Å². The highest BCUT2D eigenvalue weighted by atomic mass is 33.4. The largest absolute Gasteiger partial charge is 0.143 e. The Balaban J connectivity index is 2.34. The summed E-state index contributed by atoms with van der Waals surface area (Å²) in [4.78, 5) is 0. The van der Waals surface area contributed by atoms with Gasteiger partial charge in [0.05, 0.1) is 0 Å². The maximum Gasteiger partial charge on any atom is 0.00745 e. The summed E-state index contributed by atoms with van der Waals surface area (Å²) in [6.07, 6.45) is 0. The zero-order chi connectivity index (χ0) is 4.83. The van der Waals surface area contributed by atoms with Gasteiger partial charge in [-0.1, -0.05) is 19.4 Å². The van der Waals surface area contributed by atoms with Crippen molar-refractivity contribution in [1.29, 1.82) is 0 Å². The van der Waals surface area contributed by atoms with Crippen molar-refractivity contribution in [2.75, 3.05) is 0 Å². The normalized spacial score (nSPS) is 13.0. The van der Waals surface area contributed by atoms with Gasteiger partial charge in [0.15, 0.2) is 0 Å². The van der Waals surface area contributed by atoms with Gasteiger partial charge in [0.25, 0.3) is 0 Å². The Morgan fingerprint density at radius 3 is 2.50 bits per heavy atom. The van der Waals surface area contributed by atoms with Gasteiger partial charge in [-0.3, -0.25) is 0 Å². The Morgan fingerprint density at radius 2 is 2.33 bits per heavy atom. The van der Waals surface area contributed by atoms with Crippen LogP contribution in [0, 0.1) is 0 Å². The van der Waals surface area contributed by atoms with E-state index in [1.54, 1.807) is 11.0 Å². The number of hydrogen-bond acceptors (Lipinski definition) is 3. The van der Waals surface area contributed by atoms with Gasteiger partial charge in [-0.15, -0.1) is 23.3 Å². The molecule has 0 aliphatic carbocycles. The highest BCUT2D eigenvalue weighted by molar-refractivity contribution is 9.09. The molecule has 3 atom stereocenters. The second kappa shape index (κ2) is 7.34. The number of hydrogen-bond donors (Lipinski definition) is 1. The Morgan fingerprint density at radius 1 is 1.67 bits per heavy atom. The van der Waals surface area contributed by atoms with Crippen molar-refractivity contribution in [1.82, 2.24) is 0 Å². The molecule has 0 aromatic rings. The van der Waals surface area contributed by atoms with Gasteiger partial charge in [-0.25, -0.2) is 0 Å². The Kier molecular flexibility index (Phi) is 10.2. The number of rotatable bonds is 3. The summed E-state index contributed by atoms with van der Waals surface area (Å²) in [7, 11) is 2.61. The van der Waals surface area contributed by atoms with Gasteiger partial charge in [-0.2, -0.15) is 0 Å². The fourth-order valence-electron chi connectivity index (χ4n) is 0.0427. The molecule has 0 nitrogen and oxygen atoms in total. The van der Waals surface area contributed by atoms with Gasteiger partial charge in [0.2, 0.25) is 0 Å². The van der Waals surface area contributed by atoms with Crippen molar-refractivity contribution in [3.63, 3.8) is 0 Å². The zero-order valence-electron chi connectivity index (χ0n) is 2.84. The van der Waals surface area contributed by atoms with E-state index in [4.69, 9.17) is 0 Å². The number of thiol groups is 1. The molecule has 0 aliphatic rings. The van der Waals surface area contributed by atoms with E-state index < -0.39 is 0 Å². The smallest absolute Gasteiger partial charge is 0.00745 e. The Hall–Kier alpha value is 2.34. The molecule has 6 heteroatoms. The van der Waals surface area contributed by atoms with Crippen LogP contribution in [-0.4, -0.2) is 0 Å². The molecule has 0 rings (SSSR count). The molecular formula is H5P3S3. The maximum atomic E-state index is 4.03. The molecular weight excluding hydrogens is 189 g/mol. The lowest BCUT2D eigenvalue weighted by Crippen LogP contribution is -1.05. The molecule has 0 fully saturated rings. The highest BCUT2D eigenvalue weighted by Crippen LogP contribution is 2.56. The van der Waals surface area contributed by atoms with E-state index in [1.165, 1.54) is 0 Å². The minimum atomic E-state index is 0.754. The zero-order valence-corrected chi connectivity index (χ0v) is 8.52. The monoisotopic (exact) mass is 194 g/mol. The molecule has 0 bridgehead atoms. The minimum Gasteiger partial charge on any atom is -0.143 e. The molecule has 0 spiro atoms. The summed E-state index contributed by atoms with van der Waals surface area (Å²) in [5.74, 6) is 0. The molecule has 0 saturated heterocycles. The lowest BCUT2D eigenvalue weighted by Gasteiger charge is -1.85. The van der Waals surface area contributed by atoms with Crippen molar-refractivity contribution in [3.8, 4) is 0 Å². The summed E-state index contributed by atoms with van der Waals surface area (Å²) < 4.78 is 0. The van der Waals surface area contributed by atoms with Crippen LogP contribution in [0.4, 0.5) is 0 Å². The highest BCUT2D eigenvalue weighted by Gasteiger charge is 1.75. The second-order valence-corrected chi connectivity index (χ2v) is 10.7. The van der Waals surface area contributed by atoms with E-state index in [2.05, 4.69) is 20.7 Å². The third kappa shape index (κ3) is 6.34. The van der Waals surface area contributed by atoms with Gasteiger partial charge in [0.1, 0.15) is 0 Å².